The van der Waals surface area contributed by atoms with E-state index in [2.05, 4.69) is 37.3 Å². The number of furan rings is 1. The number of benzene rings is 2. The maximum atomic E-state index is 12.8. The second kappa shape index (κ2) is 10.0. The van der Waals surface area contributed by atoms with Crippen molar-refractivity contribution in [2.45, 2.75) is 33.1 Å². The molecule has 0 radical (unpaired) electrons. The van der Waals surface area contributed by atoms with Crippen LogP contribution >= 0.6 is 15.9 Å². The van der Waals surface area contributed by atoms with Gasteiger partial charge < -0.3 is 4.42 Å². The lowest BCUT2D eigenvalue weighted by Crippen LogP contribution is -2.41. The number of rotatable bonds is 4. The largest absolute Gasteiger partial charge is 0.455 e. The van der Waals surface area contributed by atoms with Gasteiger partial charge in [-0.15, -0.1) is 0 Å². The summed E-state index contributed by atoms with van der Waals surface area (Å²) in [7, 11) is 0. The van der Waals surface area contributed by atoms with Crippen molar-refractivity contribution >= 4 is 39.4 Å². The van der Waals surface area contributed by atoms with Crippen LogP contribution in [0.25, 0.3) is 0 Å². The summed E-state index contributed by atoms with van der Waals surface area (Å²) >= 11 is 3.31. The van der Waals surface area contributed by atoms with Crippen LogP contribution in [0.3, 0.4) is 0 Å². The predicted molar refractivity (Wildman–Crippen MR) is 131 cm³/mol. The fourth-order valence-corrected chi connectivity index (χ4v) is 4.31. The molecule has 0 aliphatic heterocycles. The van der Waals surface area contributed by atoms with Crippen molar-refractivity contribution in [2.75, 3.05) is 0 Å². The Morgan fingerprint density at radius 3 is 2.47 bits per heavy atom. The number of amides is 3. The van der Waals surface area contributed by atoms with Crippen molar-refractivity contribution in [1.82, 2.24) is 16.3 Å². The molecule has 4 rings (SSSR count). The van der Waals surface area contributed by atoms with Gasteiger partial charge in [-0.2, -0.15) is 5.10 Å². The SMILES string of the molecule is Cc1cccc(C(=O)N/N=C2\CCCc3oc(C(=O)NNC(=O)c4ccccc4Br)c(C)c32)c1. The average molecular weight is 523 g/mol. The van der Waals surface area contributed by atoms with E-state index in [0.717, 1.165) is 17.5 Å². The molecule has 0 fully saturated rings. The minimum absolute atomic E-state index is 0.0945. The van der Waals surface area contributed by atoms with Gasteiger partial charge in [0.1, 0.15) is 5.76 Å². The summed E-state index contributed by atoms with van der Waals surface area (Å²) in [6.07, 6.45) is 2.07. The smallest absolute Gasteiger partial charge is 0.305 e. The Hall–Kier alpha value is -3.72. The first kappa shape index (κ1) is 23.4. The van der Waals surface area contributed by atoms with Crippen LogP contribution in [0.5, 0.6) is 0 Å². The van der Waals surface area contributed by atoms with Gasteiger partial charge >= 0.3 is 5.91 Å². The van der Waals surface area contributed by atoms with Gasteiger partial charge in [0, 0.05) is 27.6 Å². The van der Waals surface area contributed by atoms with Crippen LogP contribution in [-0.4, -0.2) is 23.4 Å². The number of nitrogens with zero attached hydrogens (tertiary/aromatic N) is 1. The highest BCUT2D eigenvalue weighted by Gasteiger charge is 2.28. The first-order chi connectivity index (χ1) is 16.3. The van der Waals surface area contributed by atoms with Crippen LogP contribution in [0.4, 0.5) is 0 Å². The summed E-state index contributed by atoms with van der Waals surface area (Å²) in [6.45, 7) is 3.68. The quantitative estimate of drug-likeness (QED) is 0.445. The van der Waals surface area contributed by atoms with E-state index in [1.807, 2.05) is 19.1 Å². The molecule has 2 aromatic carbocycles. The lowest BCUT2D eigenvalue weighted by molar-refractivity contribution is 0.0829. The summed E-state index contributed by atoms with van der Waals surface area (Å²) in [5.74, 6) is -0.616. The molecule has 174 valence electrons. The number of hydrogen-bond acceptors (Lipinski definition) is 5. The molecule has 3 amide bonds. The predicted octanol–water partition coefficient (Wildman–Crippen LogP) is 4.20. The van der Waals surface area contributed by atoms with Crippen LogP contribution in [-0.2, 0) is 6.42 Å². The van der Waals surface area contributed by atoms with E-state index in [9.17, 15) is 14.4 Å². The van der Waals surface area contributed by atoms with E-state index in [1.54, 1.807) is 43.3 Å². The molecule has 1 aliphatic carbocycles. The number of hydrazone groups is 1. The molecule has 1 aromatic heterocycles. The molecule has 0 saturated heterocycles. The molecular formula is C25H23BrN4O4. The Morgan fingerprint density at radius 2 is 1.71 bits per heavy atom. The summed E-state index contributed by atoms with van der Waals surface area (Å²) in [5, 5.41) is 4.34. The van der Waals surface area contributed by atoms with Crippen LogP contribution < -0.4 is 16.3 Å². The van der Waals surface area contributed by atoms with Gasteiger partial charge in [-0.05, 0) is 66.9 Å². The van der Waals surface area contributed by atoms with E-state index >= 15 is 0 Å². The number of hydrogen-bond donors (Lipinski definition) is 3. The van der Waals surface area contributed by atoms with Crippen LogP contribution in [0.2, 0.25) is 0 Å². The highest BCUT2D eigenvalue weighted by atomic mass is 79.9. The molecule has 3 aromatic rings. The molecular weight excluding hydrogens is 500 g/mol. The molecule has 3 N–H and O–H groups in total. The van der Waals surface area contributed by atoms with Gasteiger partial charge in [0.25, 0.3) is 11.8 Å². The Bertz CT molecular complexity index is 1310. The Kier molecular flexibility index (Phi) is 6.93. The highest BCUT2D eigenvalue weighted by Crippen LogP contribution is 2.29. The van der Waals surface area contributed by atoms with Gasteiger partial charge in [0.15, 0.2) is 5.76 Å². The highest BCUT2D eigenvalue weighted by molar-refractivity contribution is 9.10. The second-order valence-corrected chi connectivity index (χ2v) is 8.82. The maximum absolute atomic E-state index is 12.8. The van der Waals surface area contributed by atoms with E-state index in [0.29, 0.717) is 45.5 Å². The van der Waals surface area contributed by atoms with Gasteiger partial charge in [-0.3, -0.25) is 25.2 Å². The number of halogens is 1. The third-order valence-corrected chi connectivity index (χ3v) is 6.20. The molecule has 0 bridgehead atoms. The van der Waals surface area contributed by atoms with Crippen LogP contribution in [0.15, 0.2) is 62.5 Å². The Balaban J connectivity index is 1.49. The zero-order valence-electron chi connectivity index (χ0n) is 18.7. The second-order valence-electron chi connectivity index (χ2n) is 7.96. The summed E-state index contributed by atoms with van der Waals surface area (Å²) in [4.78, 5) is 37.6. The lowest BCUT2D eigenvalue weighted by Gasteiger charge is -2.13. The number of fused-ring (bicyclic) bond motifs is 1. The minimum atomic E-state index is -0.574. The van der Waals surface area contributed by atoms with E-state index < -0.39 is 11.8 Å². The van der Waals surface area contributed by atoms with Crippen molar-refractivity contribution in [3.8, 4) is 0 Å². The molecule has 1 heterocycles. The van der Waals surface area contributed by atoms with Gasteiger partial charge in [0.2, 0.25) is 0 Å². The molecule has 0 atom stereocenters. The number of aryl methyl sites for hydroxylation is 2. The molecule has 0 unspecified atom stereocenters. The Morgan fingerprint density at radius 1 is 0.941 bits per heavy atom. The van der Waals surface area contributed by atoms with E-state index in [4.69, 9.17) is 4.42 Å². The standard InChI is InChI=1S/C25H23BrN4O4/c1-14-7-5-8-16(13-14)23(31)28-27-19-11-6-12-20-21(19)15(2)22(34-20)25(33)30-29-24(32)17-9-3-4-10-18(17)26/h3-5,7-10,13H,6,11-12H2,1-2H3,(H,28,31)(H,29,32)(H,30,33)/b27-19+. The molecule has 0 spiro atoms. The minimum Gasteiger partial charge on any atom is -0.455 e. The Labute approximate surface area is 204 Å². The fourth-order valence-electron chi connectivity index (χ4n) is 3.85. The molecule has 8 nitrogen and oxygen atoms in total. The van der Waals surface area contributed by atoms with Crippen molar-refractivity contribution in [3.63, 3.8) is 0 Å². The first-order valence-electron chi connectivity index (χ1n) is 10.8. The topological polar surface area (TPSA) is 113 Å². The fraction of sp³-hybridized carbons (Fsp3) is 0.200. The van der Waals surface area contributed by atoms with Crippen molar-refractivity contribution in [3.05, 3.63) is 92.3 Å². The average Bonchev–Trinajstić information content (AvgIpc) is 3.18. The third-order valence-electron chi connectivity index (χ3n) is 5.51. The summed E-state index contributed by atoms with van der Waals surface area (Å²) in [5.41, 5.74) is 11.3. The monoisotopic (exact) mass is 522 g/mol. The summed E-state index contributed by atoms with van der Waals surface area (Å²) in [6, 6.07) is 14.1. The maximum Gasteiger partial charge on any atom is 0.305 e. The molecule has 1 aliphatic rings. The first-order valence-corrected chi connectivity index (χ1v) is 11.6. The van der Waals surface area contributed by atoms with Crippen molar-refractivity contribution in [1.29, 1.82) is 0 Å². The number of nitrogens with one attached hydrogen (secondary N) is 3. The van der Waals surface area contributed by atoms with Gasteiger partial charge in [-0.25, -0.2) is 5.43 Å². The molecule has 0 saturated carbocycles. The van der Waals surface area contributed by atoms with Crippen molar-refractivity contribution < 1.29 is 18.8 Å². The molecule has 9 heteroatoms. The number of hydrazine groups is 1. The van der Waals surface area contributed by atoms with Crippen LogP contribution in [0, 0.1) is 13.8 Å². The van der Waals surface area contributed by atoms with Gasteiger partial charge in [-0.1, -0.05) is 29.8 Å². The molecule has 34 heavy (non-hydrogen) atoms. The van der Waals surface area contributed by atoms with E-state index in [1.165, 1.54) is 0 Å². The van der Waals surface area contributed by atoms with Gasteiger partial charge in [0.05, 0.1) is 11.3 Å². The third kappa shape index (κ3) is 4.94. The van der Waals surface area contributed by atoms with Crippen molar-refractivity contribution in [2.24, 2.45) is 5.10 Å². The zero-order valence-corrected chi connectivity index (χ0v) is 20.3. The normalized spacial score (nSPS) is 13.8. The number of carbonyl (C=O) groups excluding carboxylic acids is 3. The lowest BCUT2D eigenvalue weighted by atomic mass is 9.93. The summed E-state index contributed by atoms with van der Waals surface area (Å²) < 4.78 is 6.44. The van der Waals surface area contributed by atoms with Crippen LogP contribution in [0.1, 0.15) is 66.6 Å². The zero-order chi connectivity index (χ0) is 24.2. The van der Waals surface area contributed by atoms with E-state index in [-0.39, 0.29) is 11.7 Å². The number of carbonyl (C=O) groups is 3.